The van der Waals surface area contributed by atoms with E-state index in [9.17, 15) is 17.6 Å². The molecule has 2 aliphatic rings. The highest BCUT2D eigenvalue weighted by Gasteiger charge is 2.42. The molecule has 2 aromatic rings. The van der Waals surface area contributed by atoms with Gasteiger partial charge in [0, 0.05) is 25.9 Å². The van der Waals surface area contributed by atoms with Crippen molar-refractivity contribution >= 4 is 33.2 Å². The van der Waals surface area contributed by atoms with Crippen LogP contribution in [0.15, 0.2) is 47.4 Å². The zero-order chi connectivity index (χ0) is 21.4. The van der Waals surface area contributed by atoms with Crippen molar-refractivity contribution in [3.8, 4) is 0 Å². The van der Waals surface area contributed by atoms with E-state index in [1.165, 1.54) is 4.31 Å². The fourth-order valence-electron chi connectivity index (χ4n) is 3.59. The molecule has 0 bridgehead atoms. The fraction of sp³-hybridized carbons (Fsp3) is 0.350. The van der Waals surface area contributed by atoms with Crippen molar-refractivity contribution in [1.29, 1.82) is 0 Å². The van der Waals surface area contributed by atoms with Crippen LogP contribution in [-0.2, 0) is 19.5 Å². The molecule has 7 nitrogen and oxygen atoms in total. The van der Waals surface area contributed by atoms with Crippen LogP contribution >= 0.6 is 11.6 Å². The number of benzene rings is 2. The van der Waals surface area contributed by atoms with E-state index in [0.717, 1.165) is 18.2 Å². The average Bonchev–Trinajstić information content (AvgIpc) is 3.18. The molecule has 2 fully saturated rings. The molecular formula is C20H20ClFN2O5S. The number of amides is 1. The highest BCUT2D eigenvalue weighted by molar-refractivity contribution is 7.89. The third-order valence-electron chi connectivity index (χ3n) is 5.24. The summed E-state index contributed by atoms with van der Waals surface area (Å²) in [5.74, 6) is -2.33. The second-order valence-corrected chi connectivity index (χ2v) is 9.43. The summed E-state index contributed by atoms with van der Waals surface area (Å²) in [6.45, 7) is 1.41. The molecule has 2 saturated heterocycles. The number of rotatable bonds is 4. The van der Waals surface area contributed by atoms with Crippen LogP contribution in [0.3, 0.4) is 0 Å². The summed E-state index contributed by atoms with van der Waals surface area (Å²) >= 11 is 6.02. The molecule has 2 aliphatic heterocycles. The summed E-state index contributed by atoms with van der Waals surface area (Å²) in [6, 6.07) is 9.68. The highest BCUT2D eigenvalue weighted by Crippen LogP contribution is 2.33. The molecule has 1 spiro atoms. The molecule has 1 N–H and O–H groups in total. The second-order valence-electron chi connectivity index (χ2n) is 7.09. The molecule has 1 amide bonds. The Bertz CT molecular complexity index is 1060. The lowest BCUT2D eigenvalue weighted by molar-refractivity contribution is -0.179. The number of nitrogens with one attached hydrogen (secondary N) is 1. The van der Waals surface area contributed by atoms with E-state index in [0.29, 0.717) is 31.7 Å². The second kappa shape index (κ2) is 8.24. The lowest BCUT2D eigenvalue weighted by Gasteiger charge is -2.36. The molecule has 0 aromatic heterocycles. The van der Waals surface area contributed by atoms with Gasteiger partial charge in [-0.1, -0.05) is 23.7 Å². The van der Waals surface area contributed by atoms with Crippen LogP contribution in [-0.4, -0.2) is 50.7 Å². The Hall–Kier alpha value is -2.04. The molecule has 10 heteroatoms. The summed E-state index contributed by atoms with van der Waals surface area (Å²) in [5, 5.41) is 2.79. The first kappa shape index (κ1) is 21.2. The van der Waals surface area contributed by atoms with Crippen LogP contribution in [0, 0.1) is 5.82 Å². The molecule has 4 rings (SSSR count). The van der Waals surface area contributed by atoms with Crippen LogP contribution in [0.4, 0.5) is 10.1 Å². The van der Waals surface area contributed by atoms with Crippen LogP contribution in [0.25, 0.3) is 0 Å². The van der Waals surface area contributed by atoms with Gasteiger partial charge >= 0.3 is 0 Å². The van der Waals surface area contributed by atoms with Gasteiger partial charge in [0.05, 0.1) is 34.4 Å². The number of hydrogen-bond donors (Lipinski definition) is 1. The predicted molar refractivity (Wildman–Crippen MR) is 108 cm³/mol. The van der Waals surface area contributed by atoms with Crippen molar-refractivity contribution in [2.45, 2.75) is 23.5 Å². The van der Waals surface area contributed by atoms with Gasteiger partial charge in [-0.25, -0.2) is 12.8 Å². The van der Waals surface area contributed by atoms with Gasteiger partial charge in [0.15, 0.2) is 5.79 Å². The molecule has 0 saturated carbocycles. The van der Waals surface area contributed by atoms with Crippen LogP contribution in [0.5, 0.6) is 0 Å². The number of anilines is 1. The molecule has 0 atom stereocenters. The maximum Gasteiger partial charge on any atom is 0.258 e. The molecule has 2 aromatic carbocycles. The van der Waals surface area contributed by atoms with Gasteiger partial charge in [-0.05, 0) is 30.3 Å². The van der Waals surface area contributed by atoms with E-state index in [-0.39, 0.29) is 28.6 Å². The molecular weight excluding hydrogens is 435 g/mol. The summed E-state index contributed by atoms with van der Waals surface area (Å²) in [4.78, 5) is 12.4. The number of halogens is 2. The Balaban J connectivity index is 1.55. The normalized spacial score (nSPS) is 19.1. The maximum atomic E-state index is 14.3. The Morgan fingerprint density at radius 3 is 2.43 bits per heavy atom. The van der Waals surface area contributed by atoms with Crippen molar-refractivity contribution in [2.24, 2.45) is 0 Å². The van der Waals surface area contributed by atoms with Gasteiger partial charge in [0.2, 0.25) is 10.0 Å². The minimum atomic E-state index is -3.91. The van der Waals surface area contributed by atoms with Gasteiger partial charge in [0.25, 0.3) is 5.91 Å². The van der Waals surface area contributed by atoms with Gasteiger partial charge < -0.3 is 14.8 Å². The maximum absolute atomic E-state index is 14.3. The first-order valence-electron chi connectivity index (χ1n) is 9.44. The van der Waals surface area contributed by atoms with E-state index in [1.807, 2.05) is 0 Å². The largest absolute Gasteiger partial charge is 0.347 e. The number of piperidine rings is 1. The zero-order valence-corrected chi connectivity index (χ0v) is 17.5. The summed E-state index contributed by atoms with van der Waals surface area (Å²) in [7, 11) is -3.91. The van der Waals surface area contributed by atoms with Crippen LogP contribution in [0.2, 0.25) is 5.02 Å². The van der Waals surface area contributed by atoms with Gasteiger partial charge in [-0.2, -0.15) is 4.31 Å². The lowest BCUT2D eigenvalue weighted by Crippen LogP contribution is -2.47. The molecule has 160 valence electrons. The number of hydrogen-bond acceptors (Lipinski definition) is 5. The van der Waals surface area contributed by atoms with Crippen molar-refractivity contribution in [3.05, 3.63) is 58.9 Å². The smallest absolute Gasteiger partial charge is 0.258 e. The minimum absolute atomic E-state index is 0.155. The fourth-order valence-corrected chi connectivity index (χ4v) is 5.24. The van der Waals surface area contributed by atoms with E-state index >= 15 is 0 Å². The van der Waals surface area contributed by atoms with E-state index in [4.69, 9.17) is 21.1 Å². The number of sulfonamides is 1. The van der Waals surface area contributed by atoms with E-state index < -0.39 is 27.5 Å². The van der Waals surface area contributed by atoms with E-state index in [1.54, 1.807) is 24.3 Å². The van der Waals surface area contributed by atoms with Crippen molar-refractivity contribution in [1.82, 2.24) is 4.31 Å². The SMILES string of the molecule is O=C(Nc1ccccc1Cl)c1cc(S(=O)(=O)N2CCC3(CC2)OCCO3)ccc1F. The summed E-state index contributed by atoms with van der Waals surface area (Å²) < 4.78 is 53.0. The quantitative estimate of drug-likeness (QED) is 0.766. The number of para-hydroxylation sites is 1. The first-order valence-corrected chi connectivity index (χ1v) is 11.3. The Labute approximate surface area is 178 Å². The zero-order valence-electron chi connectivity index (χ0n) is 15.9. The number of carbonyl (C=O) groups excluding carboxylic acids is 1. The Kier molecular flexibility index (Phi) is 5.82. The Morgan fingerprint density at radius 1 is 1.10 bits per heavy atom. The molecule has 0 unspecified atom stereocenters. The summed E-state index contributed by atoms with van der Waals surface area (Å²) in [5.41, 5.74) is -0.0818. The number of carbonyl (C=O) groups is 1. The Morgan fingerprint density at radius 2 is 1.77 bits per heavy atom. The molecule has 0 radical (unpaired) electrons. The standard InChI is InChI=1S/C20H20ClFN2O5S/c21-16-3-1-2-4-18(16)23-19(25)15-13-14(5-6-17(15)22)30(26,27)24-9-7-20(8-10-24)28-11-12-29-20/h1-6,13H,7-12H2,(H,23,25). The third kappa shape index (κ3) is 4.08. The molecule has 30 heavy (non-hydrogen) atoms. The lowest BCUT2D eigenvalue weighted by atomic mass is 10.1. The van der Waals surface area contributed by atoms with Crippen LogP contribution < -0.4 is 5.32 Å². The predicted octanol–water partition coefficient (Wildman–Crippen LogP) is 3.26. The number of nitrogens with zero attached hydrogens (tertiary/aromatic N) is 1. The van der Waals surface area contributed by atoms with Gasteiger partial charge in [-0.15, -0.1) is 0 Å². The highest BCUT2D eigenvalue weighted by atomic mass is 35.5. The van der Waals surface area contributed by atoms with Gasteiger partial charge in [0.1, 0.15) is 5.82 Å². The average molecular weight is 455 g/mol. The number of ether oxygens (including phenoxy) is 2. The van der Waals surface area contributed by atoms with Crippen molar-refractivity contribution in [3.63, 3.8) is 0 Å². The van der Waals surface area contributed by atoms with Crippen molar-refractivity contribution < 1.29 is 27.1 Å². The van der Waals surface area contributed by atoms with Crippen LogP contribution in [0.1, 0.15) is 23.2 Å². The van der Waals surface area contributed by atoms with E-state index in [2.05, 4.69) is 5.32 Å². The van der Waals surface area contributed by atoms with Crippen molar-refractivity contribution in [2.75, 3.05) is 31.6 Å². The third-order valence-corrected chi connectivity index (χ3v) is 7.46. The first-order chi connectivity index (χ1) is 14.3. The minimum Gasteiger partial charge on any atom is -0.347 e. The molecule has 0 aliphatic carbocycles. The van der Waals surface area contributed by atoms with Gasteiger partial charge in [-0.3, -0.25) is 4.79 Å². The molecule has 2 heterocycles. The topological polar surface area (TPSA) is 84.9 Å². The monoisotopic (exact) mass is 454 g/mol. The summed E-state index contributed by atoms with van der Waals surface area (Å²) in [6.07, 6.45) is 0.820.